The molecule has 0 aromatic heterocycles. The molecule has 0 aromatic rings. The van der Waals surface area contributed by atoms with Crippen molar-refractivity contribution in [1.29, 1.82) is 0 Å². The zero-order valence-corrected chi connectivity index (χ0v) is 8.18. The molecule has 0 unspecified atom stereocenters. The Morgan fingerprint density at radius 1 is 1.50 bits per heavy atom. The van der Waals surface area contributed by atoms with Gasteiger partial charge in [0.15, 0.2) is 0 Å². The van der Waals surface area contributed by atoms with Crippen LogP contribution >= 0.6 is 0 Å². The fraction of sp³-hybridized carbons (Fsp3) is 0.889. The Kier molecular flexibility index (Phi) is 2.60. The quantitative estimate of drug-likeness (QED) is 0.668. The third-order valence-corrected chi connectivity index (χ3v) is 2.05. The number of amides is 2. The van der Waals surface area contributed by atoms with Crippen molar-refractivity contribution in [3.8, 4) is 0 Å². The normalized spacial score (nSPS) is 20.1. The Morgan fingerprint density at radius 3 is 2.50 bits per heavy atom. The van der Waals surface area contributed by atoms with E-state index in [2.05, 4.69) is 26.1 Å². The molecule has 0 saturated carbocycles. The van der Waals surface area contributed by atoms with Crippen LogP contribution in [0.2, 0.25) is 0 Å². The summed E-state index contributed by atoms with van der Waals surface area (Å²) in [6.07, 6.45) is 1.00. The van der Waals surface area contributed by atoms with Crippen LogP contribution in [0.25, 0.3) is 0 Å². The van der Waals surface area contributed by atoms with E-state index in [1.54, 1.807) is 0 Å². The van der Waals surface area contributed by atoms with Gasteiger partial charge in [-0.05, 0) is 6.42 Å². The Bertz CT molecular complexity index is 169. The lowest BCUT2D eigenvalue weighted by atomic mass is 9.85. The first-order valence-corrected chi connectivity index (χ1v) is 4.58. The van der Waals surface area contributed by atoms with Gasteiger partial charge in [0.1, 0.15) is 0 Å². The first-order valence-electron chi connectivity index (χ1n) is 4.58. The van der Waals surface area contributed by atoms with Crippen LogP contribution in [-0.2, 0) is 0 Å². The van der Waals surface area contributed by atoms with Gasteiger partial charge < -0.3 is 10.2 Å². The lowest BCUT2D eigenvalue weighted by Crippen LogP contribution is -2.58. The number of nitrogens with one attached hydrogen (secondary N) is 1. The molecule has 3 nitrogen and oxygen atoms in total. The highest BCUT2D eigenvalue weighted by Crippen LogP contribution is 2.28. The Labute approximate surface area is 74.1 Å². The predicted molar refractivity (Wildman–Crippen MR) is 49.0 cm³/mol. The molecule has 0 aliphatic carbocycles. The van der Waals surface area contributed by atoms with Gasteiger partial charge >= 0.3 is 6.03 Å². The van der Waals surface area contributed by atoms with Gasteiger partial charge in [0.05, 0.1) is 0 Å². The van der Waals surface area contributed by atoms with Gasteiger partial charge in [-0.25, -0.2) is 4.79 Å². The maximum absolute atomic E-state index is 11.3. The van der Waals surface area contributed by atoms with Gasteiger partial charge in [-0.2, -0.15) is 0 Å². The third kappa shape index (κ3) is 2.13. The van der Waals surface area contributed by atoms with E-state index in [1.165, 1.54) is 0 Å². The van der Waals surface area contributed by atoms with E-state index in [0.717, 1.165) is 26.1 Å². The largest absolute Gasteiger partial charge is 0.338 e. The summed E-state index contributed by atoms with van der Waals surface area (Å²) in [6.45, 7) is 8.98. The third-order valence-electron chi connectivity index (χ3n) is 2.05. The maximum atomic E-state index is 11.3. The summed E-state index contributed by atoms with van der Waals surface area (Å²) in [5.41, 5.74) is 0.337. The molecule has 1 heterocycles. The molecule has 0 radical (unpaired) electrons. The number of nitrogens with zero attached hydrogens (tertiary/aromatic N) is 1. The van der Waals surface area contributed by atoms with Gasteiger partial charge in [-0.15, -0.1) is 0 Å². The minimum absolute atomic E-state index is 0.0937. The lowest BCUT2D eigenvalue weighted by molar-refractivity contribution is 0.0618. The molecule has 0 spiro atoms. The minimum atomic E-state index is 0.0937. The van der Waals surface area contributed by atoms with E-state index < -0.39 is 0 Å². The zero-order chi connectivity index (χ0) is 9.19. The molecule has 0 bridgehead atoms. The van der Waals surface area contributed by atoms with Crippen LogP contribution in [0.15, 0.2) is 0 Å². The second-order valence-electron chi connectivity index (χ2n) is 4.25. The van der Waals surface area contributed by atoms with Crippen LogP contribution in [0, 0.1) is 5.41 Å². The average molecular weight is 170 g/mol. The van der Waals surface area contributed by atoms with Crippen LogP contribution in [0.5, 0.6) is 0 Å². The summed E-state index contributed by atoms with van der Waals surface area (Å²) >= 11 is 0. The van der Waals surface area contributed by atoms with E-state index in [0.29, 0.717) is 5.41 Å². The summed E-state index contributed by atoms with van der Waals surface area (Å²) in [5.74, 6) is 0. The molecular weight excluding hydrogens is 152 g/mol. The van der Waals surface area contributed by atoms with E-state index in [1.807, 2.05) is 4.90 Å². The number of likely N-dealkylation sites (tertiary alicyclic amines) is 1. The molecule has 1 rings (SSSR count). The monoisotopic (exact) mass is 170 g/mol. The number of carbonyl (C=O) groups excluding carboxylic acids is 1. The molecule has 1 aliphatic heterocycles. The summed E-state index contributed by atoms with van der Waals surface area (Å²) in [6, 6.07) is 0.0937. The van der Waals surface area contributed by atoms with Crippen LogP contribution in [0.4, 0.5) is 4.79 Å². The molecule has 0 atom stereocenters. The van der Waals surface area contributed by atoms with Gasteiger partial charge in [-0.3, -0.25) is 0 Å². The first-order chi connectivity index (χ1) is 5.55. The fourth-order valence-electron chi connectivity index (χ4n) is 1.47. The molecule has 2 amide bonds. The predicted octanol–water partition coefficient (Wildman–Crippen LogP) is 1.45. The highest BCUT2D eigenvalue weighted by atomic mass is 16.2. The molecule has 1 saturated heterocycles. The fourth-order valence-corrected chi connectivity index (χ4v) is 1.47. The Balaban J connectivity index is 2.19. The highest BCUT2D eigenvalue weighted by Gasteiger charge is 2.36. The van der Waals surface area contributed by atoms with Crippen LogP contribution in [0.3, 0.4) is 0 Å². The average Bonchev–Trinajstić information content (AvgIpc) is 1.95. The zero-order valence-electron chi connectivity index (χ0n) is 8.18. The number of hydrogen-bond acceptors (Lipinski definition) is 1. The molecule has 1 aliphatic rings. The molecule has 70 valence electrons. The second-order valence-corrected chi connectivity index (χ2v) is 4.25. The molecule has 0 aromatic carbocycles. The van der Waals surface area contributed by atoms with Crippen molar-refractivity contribution in [2.24, 2.45) is 5.41 Å². The lowest BCUT2D eigenvalue weighted by Gasteiger charge is -2.45. The van der Waals surface area contributed by atoms with E-state index in [4.69, 9.17) is 0 Å². The van der Waals surface area contributed by atoms with Gasteiger partial charge in [0.2, 0.25) is 0 Å². The van der Waals surface area contributed by atoms with Crippen LogP contribution in [-0.4, -0.2) is 30.6 Å². The SMILES string of the molecule is CCCNC(=O)N1CC(C)(C)C1. The van der Waals surface area contributed by atoms with Crippen LogP contribution in [0.1, 0.15) is 27.2 Å². The first kappa shape index (κ1) is 9.36. The van der Waals surface area contributed by atoms with Crippen LogP contribution < -0.4 is 5.32 Å². The van der Waals surface area contributed by atoms with Crippen molar-refractivity contribution < 1.29 is 4.79 Å². The van der Waals surface area contributed by atoms with E-state index in [-0.39, 0.29) is 6.03 Å². The highest BCUT2D eigenvalue weighted by molar-refractivity contribution is 5.75. The van der Waals surface area contributed by atoms with E-state index >= 15 is 0 Å². The van der Waals surface area contributed by atoms with Crippen molar-refractivity contribution in [2.45, 2.75) is 27.2 Å². The van der Waals surface area contributed by atoms with Gasteiger partial charge in [0, 0.05) is 25.0 Å². The second kappa shape index (κ2) is 3.33. The van der Waals surface area contributed by atoms with E-state index in [9.17, 15) is 4.79 Å². The number of rotatable bonds is 2. The van der Waals surface area contributed by atoms with Crippen molar-refractivity contribution in [2.75, 3.05) is 19.6 Å². The number of hydrogen-bond donors (Lipinski definition) is 1. The molecule has 1 fully saturated rings. The summed E-state index contributed by atoms with van der Waals surface area (Å²) in [5, 5.41) is 2.86. The Morgan fingerprint density at radius 2 is 2.08 bits per heavy atom. The van der Waals surface area contributed by atoms with Crippen molar-refractivity contribution in [1.82, 2.24) is 10.2 Å². The topological polar surface area (TPSA) is 32.3 Å². The molecule has 1 N–H and O–H groups in total. The van der Waals surface area contributed by atoms with Crippen molar-refractivity contribution in [3.63, 3.8) is 0 Å². The Hall–Kier alpha value is -0.730. The molecular formula is C9H18N2O. The minimum Gasteiger partial charge on any atom is -0.338 e. The summed E-state index contributed by atoms with van der Waals surface area (Å²) < 4.78 is 0. The smallest absolute Gasteiger partial charge is 0.317 e. The number of carbonyl (C=O) groups is 1. The van der Waals surface area contributed by atoms with Gasteiger partial charge in [-0.1, -0.05) is 20.8 Å². The van der Waals surface area contributed by atoms with Gasteiger partial charge in [0.25, 0.3) is 0 Å². The molecule has 3 heteroatoms. The number of urea groups is 1. The standard InChI is InChI=1S/C9H18N2O/c1-4-5-10-8(12)11-6-9(2,3)7-11/h4-7H2,1-3H3,(H,10,12). The van der Waals surface area contributed by atoms with Crippen molar-refractivity contribution >= 4 is 6.03 Å². The summed E-state index contributed by atoms with van der Waals surface area (Å²) in [4.78, 5) is 13.1. The molecule has 12 heavy (non-hydrogen) atoms. The maximum Gasteiger partial charge on any atom is 0.317 e. The van der Waals surface area contributed by atoms with Crippen molar-refractivity contribution in [3.05, 3.63) is 0 Å². The summed E-state index contributed by atoms with van der Waals surface area (Å²) in [7, 11) is 0.